The number of hydrogen-bond donors (Lipinski definition) is 0. The minimum atomic E-state index is -0.612. The summed E-state index contributed by atoms with van der Waals surface area (Å²) in [6.07, 6.45) is 0.0492. The van der Waals surface area contributed by atoms with Gasteiger partial charge in [0, 0.05) is 23.7 Å². The van der Waals surface area contributed by atoms with Crippen LogP contribution in [0.4, 0.5) is 11.4 Å². The number of carbonyl (C=O) groups excluding carboxylic acids is 4. The van der Waals surface area contributed by atoms with Crippen LogP contribution in [0.2, 0.25) is 5.02 Å². The number of halogens is 1. The molecule has 3 aromatic carbocycles. The Hall–Kier alpha value is -3.97. The second-order valence-corrected chi connectivity index (χ2v) is 8.68. The second kappa shape index (κ2) is 8.43. The highest BCUT2D eigenvalue weighted by molar-refractivity contribution is 6.34. The zero-order chi connectivity index (χ0) is 24.0. The second-order valence-electron chi connectivity index (χ2n) is 8.24. The van der Waals surface area contributed by atoms with E-state index in [9.17, 15) is 19.2 Å². The van der Waals surface area contributed by atoms with Crippen molar-refractivity contribution < 1.29 is 23.9 Å². The first-order chi connectivity index (χ1) is 16.3. The van der Waals surface area contributed by atoms with Gasteiger partial charge in [0.2, 0.25) is 5.91 Å². The molecular weight excluding hydrogens is 456 g/mol. The summed E-state index contributed by atoms with van der Waals surface area (Å²) in [4.78, 5) is 53.4. The third kappa shape index (κ3) is 3.74. The van der Waals surface area contributed by atoms with Crippen molar-refractivity contribution in [1.82, 2.24) is 0 Å². The molecule has 5 rings (SSSR count). The number of imide groups is 1. The van der Waals surface area contributed by atoms with E-state index >= 15 is 0 Å². The van der Waals surface area contributed by atoms with Crippen LogP contribution in [0.25, 0.3) is 0 Å². The average Bonchev–Trinajstić information content (AvgIpc) is 3.33. The molecule has 0 spiro atoms. The number of esters is 1. The standard InChI is InChI=1S/C26H19ClN2O5/c1-15-12-19(10-11-22(15)29-24(31)20-4-2-3-5-21(20)25(29)32)34-26(33)16-13-23(30)28(14-16)18-8-6-17(27)7-9-18/h2-12,16H,13-14H2,1H3/t16-/m1/s1. The van der Waals surface area contributed by atoms with Crippen molar-refractivity contribution in [3.63, 3.8) is 0 Å². The van der Waals surface area contributed by atoms with E-state index in [4.69, 9.17) is 16.3 Å². The fourth-order valence-electron chi connectivity index (χ4n) is 4.29. The molecule has 3 aromatic rings. The SMILES string of the molecule is Cc1cc(OC(=O)[C@@H]2CC(=O)N(c3ccc(Cl)cc3)C2)ccc1N1C(=O)c2ccccc2C1=O. The Bertz CT molecular complexity index is 1320. The molecule has 0 bridgehead atoms. The van der Waals surface area contributed by atoms with Crippen molar-refractivity contribution >= 4 is 46.7 Å². The van der Waals surface area contributed by atoms with Crippen molar-refractivity contribution in [2.45, 2.75) is 13.3 Å². The largest absolute Gasteiger partial charge is 0.426 e. The van der Waals surface area contributed by atoms with E-state index in [1.54, 1.807) is 72.5 Å². The van der Waals surface area contributed by atoms with Gasteiger partial charge in [-0.25, -0.2) is 4.90 Å². The summed E-state index contributed by atoms with van der Waals surface area (Å²) in [5.41, 5.74) is 2.42. The van der Waals surface area contributed by atoms with Crippen molar-refractivity contribution in [3.05, 3.63) is 88.4 Å². The van der Waals surface area contributed by atoms with Gasteiger partial charge >= 0.3 is 5.97 Å². The van der Waals surface area contributed by atoms with Gasteiger partial charge in [0.15, 0.2) is 0 Å². The molecular formula is C26H19ClN2O5. The fourth-order valence-corrected chi connectivity index (χ4v) is 4.41. The minimum absolute atomic E-state index is 0.0492. The summed E-state index contributed by atoms with van der Waals surface area (Å²) in [6.45, 7) is 1.95. The topological polar surface area (TPSA) is 84.0 Å². The molecule has 0 unspecified atom stereocenters. The van der Waals surface area contributed by atoms with E-state index in [1.807, 2.05) is 0 Å². The number of amides is 3. The fraction of sp³-hybridized carbons (Fsp3) is 0.154. The molecule has 3 amide bonds. The summed E-state index contributed by atoms with van der Waals surface area (Å²) >= 11 is 5.91. The van der Waals surface area contributed by atoms with Gasteiger partial charge in [-0.2, -0.15) is 0 Å². The molecule has 170 valence electrons. The number of nitrogens with zero attached hydrogens (tertiary/aromatic N) is 2. The normalized spacial score (nSPS) is 17.4. The molecule has 0 N–H and O–H groups in total. The summed E-state index contributed by atoms with van der Waals surface area (Å²) in [6, 6.07) is 18.2. The van der Waals surface area contributed by atoms with Gasteiger partial charge in [-0.1, -0.05) is 23.7 Å². The summed E-state index contributed by atoms with van der Waals surface area (Å²) in [5, 5.41) is 0.561. The number of rotatable bonds is 4. The van der Waals surface area contributed by atoms with Crippen LogP contribution in [-0.2, 0) is 9.59 Å². The molecule has 0 radical (unpaired) electrons. The van der Waals surface area contributed by atoms with Crippen LogP contribution in [0.15, 0.2) is 66.7 Å². The first-order valence-corrected chi connectivity index (χ1v) is 11.1. The number of ether oxygens (including phenoxy) is 1. The summed E-state index contributed by atoms with van der Waals surface area (Å²) in [5.74, 6) is -1.79. The number of hydrogen-bond acceptors (Lipinski definition) is 5. The van der Waals surface area contributed by atoms with Crippen LogP contribution >= 0.6 is 11.6 Å². The van der Waals surface area contributed by atoms with Crippen LogP contribution in [-0.4, -0.2) is 30.2 Å². The van der Waals surface area contributed by atoms with Gasteiger partial charge in [0.05, 0.1) is 22.7 Å². The maximum Gasteiger partial charge on any atom is 0.316 e. The Balaban J connectivity index is 1.30. The average molecular weight is 475 g/mol. The summed E-state index contributed by atoms with van der Waals surface area (Å²) in [7, 11) is 0. The lowest BCUT2D eigenvalue weighted by atomic mass is 10.1. The highest BCUT2D eigenvalue weighted by Crippen LogP contribution is 2.33. The Labute approximate surface area is 200 Å². The minimum Gasteiger partial charge on any atom is -0.426 e. The van der Waals surface area contributed by atoms with Crippen molar-refractivity contribution in [3.8, 4) is 5.75 Å². The smallest absolute Gasteiger partial charge is 0.316 e. The highest BCUT2D eigenvalue weighted by atomic mass is 35.5. The lowest BCUT2D eigenvalue weighted by Crippen LogP contribution is -2.30. The third-order valence-electron chi connectivity index (χ3n) is 6.02. The zero-order valence-electron chi connectivity index (χ0n) is 18.2. The van der Waals surface area contributed by atoms with Gasteiger partial charge in [-0.3, -0.25) is 19.2 Å². The van der Waals surface area contributed by atoms with E-state index in [2.05, 4.69) is 0 Å². The van der Waals surface area contributed by atoms with Crippen molar-refractivity contribution in [2.75, 3.05) is 16.3 Å². The van der Waals surface area contributed by atoms with E-state index in [0.717, 1.165) is 4.90 Å². The van der Waals surface area contributed by atoms with E-state index < -0.39 is 11.9 Å². The molecule has 34 heavy (non-hydrogen) atoms. The van der Waals surface area contributed by atoms with Crippen LogP contribution in [0, 0.1) is 12.8 Å². The van der Waals surface area contributed by atoms with E-state index in [-0.39, 0.29) is 36.4 Å². The molecule has 7 nitrogen and oxygen atoms in total. The molecule has 1 atom stereocenters. The molecule has 1 saturated heterocycles. The Morgan fingerprint density at radius 2 is 1.59 bits per heavy atom. The molecule has 0 saturated carbocycles. The lowest BCUT2D eigenvalue weighted by molar-refractivity contribution is -0.139. The van der Waals surface area contributed by atoms with Gasteiger partial charge in [0.25, 0.3) is 11.8 Å². The number of anilines is 2. The van der Waals surface area contributed by atoms with Gasteiger partial charge in [-0.05, 0) is 67.1 Å². The van der Waals surface area contributed by atoms with Crippen LogP contribution in [0.1, 0.15) is 32.7 Å². The van der Waals surface area contributed by atoms with Crippen LogP contribution in [0.5, 0.6) is 5.75 Å². The number of fused-ring (bicyclic) bond motifs is 1. The van der Waals surface area contributed by atoms with Gasteiger partial charge in [-0.15, -0.1) is 0 Å². The van der Waals surface area contributed by atoms with E-state index in [0.29, 0.717) is 33.1 Å². The predicted molar refractivity (Wildman–Crippen MR) is 126 cm³/mol. The Kier molecular flexibility index (Phi) is 5.42. The highest BCUT2D eigenvalue weighted by Gasteiger charge is 2.38. The molecule has 1 fully saturated rings. The van der Waals surface area contributed by atoms with Crippen LogP contribution in [0.3, 0.4) is 0 Å². The lowest BCUT2D eigenvalue weighted by Gasteiger charge is -2.18. The Morgan fingerprint density at radius 1 is 0.941 bits per heavy atom. The molecule has 2 aliphatic rings. The zero-order valence-corrected chi connectivity index (χ0v) is 18.9. The van der Waals surface area contributed by atoms with Gasteiger partial charge in [0.1, 0.15) is 5.75 Å². The molecule has 2 aliphatic heterocycles. The molecule has 0 aliphatic carbocycles. The molecule has 2 heterocycles. The quantitative estimate of drug-likeness (QED) is 0.318. The number of benzene rings is 3. The maximum absolute atomic E-state index is 12.8. The molecule has 0 aromatic heterocycles. The molecule has 8 heteroatoms. The first kappa shape index (κ1) is 21.9. The van der Waals surface area contributed by atoms with Crippen molar-refractivity contribution in [2.24, 2.45) is 5.92 Å². The van der Waals surface area contributed by atoms with E-state index in [1.165, 1.54) is 6.07 Å². The number of aryl methyl sites for hydroxylation is 1. The monoisotopic (exact) mass is 474 g/mol. The summed E-state index contributed by atoms with van der Waals surface area (Å²) < 4.78 is 5.54. The van der Waals surface area contributed by atoms with Crippen molar-refractivity contribution in [1.29, 1.82) is 0 Å². The first-order valence-electron chi connectivity index (χ1n) is 10.7. The Morgan fingerprint density at radius 3 is 2.21 bits per heavy atom. The third-order valence-corrected chi connectivity index (χ3v) is 6.27. The van der Waals surface area contributed by atoms with Crippen LogP contribution < -0.4 is 14.5 Å². The predicted octanol–water partition coefficient (Wildman–Crippen LogP) is 4.41. The van der Waals surface area contributed by atoms with Gasteiger partial charge < -0.3 is 9.64 Å². The number of carbonyl (C=O) groups is 4. The maximum atomic E-state index is 12.8.